The summed E-state index contributed by atoms with van der Waals surface area (Å²) in [7, 11) is 4.64. The number of nitrogens with zero attached hydrogens (tertiary/aromatic N) is 2. The molecular weight excluding hydrogens is 462 g/mol. The summed E-state index contributed by atoms with van der Waals surface area (Å²) in [6.07, 6.45) is 0. The van der Waals surface area contributed by atoms with Crippen LogP contribution in [-0.4, -0.2) is 64.4 Å². The lowest BCUT2D eigenvalue weighted by molar-refractivity contribution is 0.0890. The van der Waals surface area contributed by atoms with Crippen molar-refractivity contribution in [2.45, 2.75) is 19.0 Å². The smallest absolute Gasteiger partial charge is 0.251 e. The Balaban J connectivity index is 1.50. The number of rotatable bonds is 9. The fourth-order valence-electron chi connectivity index (χ4n) is 4.68. The maximum atomic E-state index is 13.3. The molecule has 2 atom stereocenters. The molecule has 0 saturated carbocycles. The number of piperazine rings is 1. The molecule has 0 bridgehead atoms. The van der Waals surface area contributed by atoms with Crippen molar-refractivity contribution in [1.29, 1.82) is 0 Å². The quantitative estimate of drug-likeness (QED) is 0.473. The zero-order chi connectivity index (χ0) is 24.8. The van der Waals surface area contributed by atoms with Crippen LogP contribution in [0.3, 0.4) is 0 Å². The van der Waals surface area contributed by atoms with Gasteiger partial charge < -0.3 is 24.4 Å². The number of hydrogen-bond acceptors (Lipinski definition) is 7. The van der Waals surface area contributed by atoms with E-state index < -0.39 is 0 Å². The number of carbonyl (C=O) groups excluding carboxylic acids is 1. The minimum Gasteiger partial charge on any atom is -0.493 e. The molecular formula is C27H33N3O4S. The van der Waals surface area contributed by atoms with Gasteiger partial charge in [-0.15, -0.1) is 11.3 Å². The van der Waals surface area contributed by atoms with Gasteiger partial charge in [-0.3, -0.25) is 9.69 Å². The molecule has 0 aliphatic carbocycles. The molecule has 4 rings (SSSR count). The molecule has 1 aromatic heterocycles. The molecule has 2 aromatic carbocycles. The lowest BCUT2D eigenvalue weighted by Gasteiger charge is -2.42. The molecule has 0 unspecified atom stereocenters. The van der Waals surface area contributed by atoms with Crippen molar-refractivity contribution < 1.29 is 19.0 Å². The van der Waals surface area contributed by atoms with Gasteiger partial charge in [0.15, 0.2) is 11.5 Å². The van der Waals surface area contributed by atoms with Crippen LogP contribution in [0.25, 0.3) is 0 Å². The van der Waals surface area contributed by atoms with Crippen LogP contribution < -0.4 is 24.4 Å². The van der Waals surface area contributed by atoms with Crippen molar-refractivity contribution in [3.8, 4) is 17.2 Å². The van der Waals surface area contributed by atoms with Crippen molar-refractivity contribution in [2.75, 3.05) is 52.4 Å². The molecule has 1 saturated heterocycles. The number of thiophene rings is 1. The van der Waals surface area contributed by atoms with Gasteiger partial charge in [0.05, 0.1) is 27.4 Å². The summed E-state index contributed by atoms with van der Waals surface area (Å²) in [5.74, 6) is 1.20. The highest BCUT2D eigenvalue weighted by Gasteiger charge is 2.31. The number of hydrogen-bond donors (Lipinski definition) is 1. The molecule has 1 fully saturated rings. The summed E-state index contributed by atoms with van der Waals surface area (Å²) in [6, 6.07) is 18.1. The minimum atomic E-state index is -0.179. The van der Waals surface area contributed by atoms with Gasteiger partial charge in [0.2, 0.25) is 5.75 Å². The maximum absolute atomic E-state index is 13.3. The number of nitrogens with one attached hydrogen (secondary N) is 1. The molecule has 186 valence electrons. The summed E-state index contributed by atoms with van der Waals surface area (Å²) < 4.78 is 16.2. The average molecular weight is 496 g/mol. The second-order valence-electron chi connectivity index (χ2n) is 8.49. The number of anilines is 1. The first-order valence-corrected chi connectivity index (χ1v) is 12.6. The number of benzene rings is 2. The SMILES string of the molecule is COc1cc(C(=O)N[C@H](C)[C@@H](c2cccs2)N2CCN(c3ccccc3)CC2)cc(OC)c1OC. The van der Waals surface area contributed by atoms with E-state index in [4.69, 9.17) is 14.2 Å². The molecule has 0 spiro atoms. The predicted octanol–water partition coefficient (Wildman–Crippen LogP) is 4.46. The summed E-state index contributed by atoms with van der Waals surface area (Å²) in [6.45, 7) is 5.80. The van der Waals surface area contributed by atoms with Crippen LogP contribution in [0.2, 0.25) is 0 Å². The van der Waals surface area contributed by atoms with Crippen LogP contribution in [0.4, 0.5) is 5.69 Å². The van der Waals surface area contributed by atoms with E-state index in [1.807, 2.05) is 6.07 Å². The van der Waals surface area contributed by atoms with Crippen molar-refractivity contribution in [2.24, 2.45) is 0 Å². The van der Waals surface area contributed by atoms with E-state index >= 15 is 0 Å². The van der Waals surface area contributed by atoms with Crippen LogP contribution >= 0.6 is 11.3 Å². The van der Waals surface area contributed by atoms with Gasteiger partial charge in [-0.25, -0.2) is 0 Å². The van der Waals surface area contributed by atoms with Crippen LogP contribution in [0, 0.1) is 0 Å². The van der Waals surface area contributed by atoms with Crippen LogP contribution in [0.5, 0.6) is 17.2 Å². The van der Waals surface area contributed by atoms with Crippen molar-refractivity contribution in [3.63, 3.8) is 0 Å². The number of ether oxygens (including phenoxy) is 3. The lowest BCUT2D eigenvalue weighted by Crippen LogP contribution is -2.52. The van der Waals surface area contributed by atoms with Gasteiger partial charge in [0.1, 0.15) is 0 Å². The Morgan fingerprint density at radius 2 is 1.57 bits per heavy atom. The first-order valence-electron chi connectivity index (χ1n) is 11.7. The Kier molecular flexibility index (Phi) is 8.15. The topological polar surface area (TPSA) is 63.3 Å². The first-order chi connectivity index (χ1) is 17.0. The van der Waals surface area contributed by atoms with E-state index in [1.165, 1.54) is 10.6 Å². The molecule has 2 heterocycles. The Bertz CT molecular complexity index is 1070. The second-order valence-corrected chi connectivity index (χ2v) is 9.47. The molecule has 1 aliphatic rings. The van der Waals surface area contributed by atoms with E-state index in [0.717, 1.165) is 26.2 Å². The number of amides is 1. The number of methoxy groups -OCH3 is 3. The summed E-state index contributed by atoms with van der Waals surface area (Å²) >= 11 is 1.73. The lowest BCUT2D eigenvalue weighted by atomic mass is 10.0. The molecule has 35 heavy (non-hydrogen) atoms. The third-order valence-electron chi connectivity index (χ3n) is 6.42. The molecule has 7 nitrogen and oxygen atoms in total. The highest BCUT2D eigenvalue weighted by Crippen LogP contribution is 2.38. The molecule has 1 N–H and O–H groups in total. The third kappa shape index (κ3) is 5.55. The average Bonchev–Trinajstić information content (AvgIpc) is 3.43. The number of para-hydroxylation sites is 1. The highest BCUT2D eigenvalue weighted by molar-refractivity contribution is 7.10. The molecule has 0 radical (unpaired) electrons. The largest absolute Gasteiger partial charge is 0.493 e. The zero-order valence-corrected chi connectivity index (χ0v) is 21.5. The van der Waals surface area contributed by atoms with Gasteiger partial charge in [-0.05, 0) is 42.6 Å². The van der Waals surface area contributed by atoms with Crippen LogP contribution in [0.1, 0.15) is 28.2 Å². The van der Waals surface area contributed by atoms with Crippen molar-refractivity contribution in [3.05, 3.63) is 70.4 Å². The monoisotopic (exact) mass is 495 g/mol. The molecule has 1 aliphatic heterocycles. The molecule has 3 aromatic rings. The summed E-state index contributed by atoms with van der Waals surface area (Å²) in [5.41, 5.74) is 1.72. The maximum Gasteiger partial charge on any atom is 0.251 e. The van der Waals surface area contributed by atoms with Crippen molar-refractivity contribution >= 4 is 22.9 Å². The van der Waals surface area contributed by atoms with Gasteiger partial charge >= 0.3 is 0 Å². The van der Waals surface area contributed by atoms with Gasteiger partial charge in [0.25, 0.3) is 5.91 Å². The fourth-order valence-corrected chi connectivity index (χ4v) is 5.64. The van der Waals surface area contributed by atoms with E-state index in [0.29, 0.717) is 22.8 Å². The second kappa shape index (κ2) is 11.5. The summed E-state index contributed by atoms with van der Waals surface area (Å²) in [4.78, 5) is 19.4. The summed E-state index contributed by atoms with van der Waals surface area (Å²) in [5, 5.41) is 5.32. The number of carbonyl (C=O) groups is 1. The van der Waals surface area contributed by atoms with E-state index in [2.05, 4.69) is 63.8 Å². The predicted molar refractivity (Wildman–Crippen MR) is 140 cm³/mol. The zero-order valence-electron chi connectivity index (χ0n) is 20.7. The Morgan fingerprint density at radius 3 is 2.11 bits per heavy atom. The third-order valence-corrected chi connectivity index (χ3v) is 7.37. The standard InChI is InChI=1S/C27H33N3O4S/c1-19(28-27(31)20-17-22(32-2)26(34-4)23(18-20)33-3)25(24-11-8-16-35-24)30-14-12-29(13-15-30)21-9-6-5-7-10-21/h5-11,16-19,25H,12-15H2,1-4H3,(H,28,31)/t19-,25+/m1/s1. The van der Waals surface area contributed by atoms with Gasteiger partial charge in [0, 0.05) is 48.3 Å². The normalized spacial score (nSPS) is 15.8. The fraction of sp³-hybridized carbons (Fsp3) is 0.370. The van der Waals surface area contributed by atoms with E-state index in [-0.39, 0.29) is 18.0 Å². The minimum absolute atomic E-state index is 0.0823. The van der Waals surface area contributed by atoms with Crippen LogP contribution in [0.15, 0.2) is 60.0 Å². The molecule has 8 heteroatoms. The van der Waals surface area contributed by atoms with Crippen molar-refractivity contribution in [1.82, 2.24) is 10.2 Å². The van der Waals surface area contributed by atoms with E-state index in [9.17, 15) is 4.79 Å². The van der Waals surface area contributed by atoms with Gasteiger partial charge in [-0.2, -0.15) is 0 Å². The highest BCUT2D eigenvalue weighted by atomic mass is 32.1. The Hall–Kier alpha value is -3.23. The van der Waals surface area contributed by atoms with E-state index in [1.54, 1.807) is 44.8 Å². The molecule has 1 amide bonds. The Labute approximate surface area is 211 Å². The first kappa shape index (κ1) is 24.9. The van der Waals surface area contributed by atoms with Crippen LogP contribution in [-0.2, 0) is 0 Å². The van der Waals surface area contributed by atoms with Gasteiger partial charge in [-0.1, -0.05) is 24.3 Å². The Morgan fingerprint density at radius 1 is 0.914 bits per heavy atom.